The maximum absolute atomic E-state index is 12.1. The zero-order valence-electron chi connectivity index (χ0n) is 10.3. The largest absolute Gasteiger partial charge is 0.376 e. The zero-order valence-corrected chi connectivity index (χ0v) is 11.1. The SMILES string of the molecule is Cn1c(C(=O)NCC2CCCO2)cc2sccc21. The lowest BCUT2D eigenvalue weighted by molar-refractivity contribution is 0.0851. The molecular formula is C13H16N2O2S. The fraction of sp³-hybridized carbons (Fsp3) is 0.462. The van der Waals surface area contributed by atoms with Crippen LogP contribution in [0.1, 0.15) is 23.3 Å². The van der Waals surface area contributed by atoms with Crippen molar-refractivity contribution >= 4 is 27.5 Å². The highest BCUT2D eigenvalue weighted by atomic mass is 32.1. The predicted octanol–water partition coefficient (Wildman–Crippen LogP) is 2.15. The van der Waals surface area contributed by atoms with Crippen molar-refractivity contribution < 1.29 is 9.53 Å². The summed E-state index contributed by atoms with van der Waals surface area (Å²) in [5.41, 5.74) is 1.83. The number of amides is 1. The Balaban J connectivity index is 1.71. The first kappa shape index (κ1) is 11.7. The summed E-state index contributed by atoms with van der Waals surface area (Å²) in [6, 6.07) is 3.99. The van der Waals surface area contributed by atoms with Crippen molar-refractivity contribution in [1.82, 2.24) is 9.88 Å². The molecule has 0 spiro atoms. The minimum absolute atomic E-state index is 0.0172. The van der Waals surface area contributed by atoms with Gasteiger partial charge in [-0.1, -0.05) is 0 Å². The lowest BCUT2D eigenvalue weighted by Crippen LogP contribution is -2.32. The van der Waals surface area contributed by atoms with Crippen LogP contribution in [-0.2, 0) is 11.8 Å². The quantitative estimate of drug-likeness (QED) is 0.923. The van der Waals surface area contributed by atoms with Gasteiger partial charge in [-0.05, 0) is 30.4 Å². The summed E-state index contributed by atoms with van der Waals surface area (Å²) in [5, 5.41) is 4.99. The van der Waals surface area contributed by atoms with Crippen LogP contribution in [0.25, 0.3) is 10.2 Å². The van der Waals surface area contributed by atoms with E-state index in [1.807, 2.05) is 29.1 Å². The van der Waals surface area contributed by atoms with E-state index in [1.54, 1.807) is 11.3 Å². The topological polar surface area (TPSA) is 43.3 Å². The van der Waals surface area contributed by atoms with Gasteiger partial charge >= 0.3 is 0 Å². The molecule has 0 bridgehead atoms. The molecule has 1 fully saturated rings. The van der Waals surface area contributed by atoms with Crippen LogP contribution in [0.2, 0.25) is 0 Å². The molecule has 1 unspecified atom stereocenters. The van der Waals surface area contributed by atoms with Crippen LogP contribution in [0.4, 0.5) is 0 Å². The molecule has 2 aromatic rings. The van der Waals surface area contributed by atoms with E-state index in [2.05, 4.69) is 5.32 Å². The van der Waals surface area contributed by atoms with Crippen LogP contribution < -0.4 is 5.32 Å². The fourth-order valence-corrected chi connectivity index (χ4v) is 3.22. The van der Waals surface area contributed by atoms with Gasteiger partial charge in [-0.25, -0.2) is 0 Å². The van der Waals surface area contributed by atoms with E-state index >= 15 is 0 Å². The Morgan fingerprint density at radius 3 is 3.28 bits per heavy atom. The number of fused-ring (bicyclic) bond motifs is 1. The number of nitrogens with one attached hydrogen (secondary N) is 1. The number of aryl methyl sites for hydroxylation is 1. The molecule has 1 aliphatic rings. The monoisotopic (exact) mass is 264 g/mol. The molecule has 1 saturated heterocycles. The fourth-order valence-electron chi connectivity index (χ4n) is 2.37. The highest BCUT2D eigenvalue weighted by Gasteiger charge is 2.18. The number of rotatable bonds is 3. The third kappa shape index (κ3) is 2.04. The van der Waals surface area contributed by atoms with Gasteiger partial charge in [-0.3, -0.25) is 4.79 Å². The van der Waals surface area contributed by atoms with E-state index in [9.17, 15) is 4.79 Å². The van der Waals surface area contributed by atoms with Crippen LogP contribution >= 0.6 is 11.3 Å². The molecule has 3 heterocycles. The molecule has 0 aromatic carbocycles. The molecule has 4 nitrogen and oxygen atoms in total. The van der Waals surface area contributed by atoms with Gasteiger partial charge in [0, 0.05) is 20.2 Å². The average molecular weight is 264 g/mol. The predicted molar refractivity (Wildman–Crippen MR) is 72.1 cm³/mol. The summed E-state index contributed by atoms with van der Waals surface area (Å²) in [7, 11) is 1.93. The Morgan fingerprint density at radius 1 is 1.67 bits per heavy atom. The third-order valence-corrected chi connectivity index (χ3v) is 4.26. The van der Waals surface area contributed by atoms with Crippen molar-refractivity contribution in [3.63, 3.8) is 0 Å². The first-order chi connectivity index (χ1) is 8.75. The maximum Gasteiger partial charge on any atom is 0.268 e. The number of ether oxygens (including phenoxy) is 1. The number of hydrogen-bond acceptors (Lipinski definition) is 3. The molecule has 1 aliphatic heterocycles. The van der Waals surface area contributed by atoms with Gasteiger partial charge in [0.15, 0.2) is 0 Å². The summed E-state index contributed by atoms with van der Waals surface area (Å²) in [5.74, 6) is -0.0172. The standard InChI is InChI=1S/C13H16N2O2S/c1-15-10-4-6-18-12(10)7-11(15)13(16)14-8-9-3-2-5-17-9/h4,6-7,9H,2-3,5,8H2,1H3,(H,14,16). The summed E-state index contributed by atoms with van der Waals surface area (Å²) in [4.78, 5) is 12.1. The molecule has 18 heavy (non-hydrogen) atoms. The molecular weight excluding hydrogens is 248 g/mol. The lowest BCUT2D eigenvalue weighted by atomic mass is 10.2. The minimum Gasteiger partial charge on any atom is -0.376 e. The second-order valence-electron chi connectivity index (χ2n) is 4.60. The van der Waals surface area contributed by atoms with E-state index < -0.39 is 0 Å². The molecule has 2 aromatic heterocycles. The van der Waals surface area contributed by atoms with Gasteiger partial charge < -0.3 is 14.6 Å². The number of aromatic nitrogens is 1. The highest BCUT2D eigenvalue weighted by Crippen LogP contribution is 2.24. The second-order valence-corrected chi connectivity index (χ2v) is 5.55. The van der Waals surface area contributed by atoms with Crippen molar-refractivity contribution in [1.29, 1.82) is 0 Å². The number of thiophene rings is 1. The molecule has 0 saturated carbocycles. The van der Waals surface area contributed by atoms with E-state index in [1.165, 1.54) is 0 Å². The summed E-state index contributed by atoms with van der Waals surface area (Å²) < 4.78 is 8.59. The normalized spacial score (nSPS) is 19.5. The summed E-state index contributed by atoms with van der Waals surface area (Å²) in [6.45, 7) is 1.43. The zero-order chi connectivity index (χ0) is 12.5. The summed E-state index contributed by atoms with van der Waals surface area (Å²) in [6.07, 6.45) is 2.33. The number of nitrogens with zero attached hydrogens (tertiary/aromatic N) is 1. The van der Waals surface area contributed by atoms with Gasteiger partial charge in [-0.2, -0.15) is 0 Å². The van der Waals surface area contributed by atoms with Crippen molar-refractivity contribution in [3.05, 3.63) is 23.2 Å². The average Bonchev–Trinajstić information content (AvgIpc) is 3.05. The van der Waals surface area contributed by atoms with Crippen LogP contribution in [-0.4, -0.2) is 29.7 Å². The Hall–Kier alpha value is -1.33. The molecule has 1 atom stereocenters. The molecule has 96 valence electrons. The van der Waals surface area contributed by atoms with E-state index in [0.29, 0.717) is 6.54 Å². The molecule has 1 N–H and O–H groups in total. The second kappa shape index (κ2) is 4.74. The van der Waals surface area contributed by atoms with Crippen molar-refractivity contribution in [3.8, 4) is 0 Å². The Morgan fingerprint density at radius 2 is 2.56 bits per heavy atom. The van der Waals surface area contributed by atoms with Gasteiger partial charge in [0.05, 0.1) is 16.3 Å². The Bertz CT molecular complexity index is 567. The molecule has 1 amide bonds. The minimum atomic E-state index is -0.0172. The molecule has 5 heteroatoms. The van der Waals surface area contributed by atoms with Crippen LogP contribution in [0, 0.1) is 0 Å². The van der Waals surface area contributed by atoms with E-state index in [4.69, 9.17) is 4.74 Å². The first-order valence-electron chi connectivity index (χ1n) is 6.18. The number of carbonyl (C=O) groups excluding carboxylic acids is 1. The smallest absolute Gasteiger partial charge is 0.268 e. The Labute approximate surface area is 110 Å². The van der Waals surface area contributed by atoms with E-state index in [0.717, 1.165) is 35.4 Å². The van der Waals surface area contributed by atoms with Gasteiger partial charge in [0.2, 0.25) is 0 Å². The van der Waals surface area contributed by atoms with Gasteiger partial charge in [-0.15, -0.1) is 11.3 Å². The van der Waals surface area contributed by atoms with Crippen molar-refractivity contribution in [2.75, 3.05) is 13.2 Å². The van der Waals surface area contributed by atoms with Crippen molar-refractivity contribution in [2.45, 2.75) is 18.9 Å². The van der Waals surface area contributed by atoms with E-state index in [-0.39, 0.29) is 12.0 Å². The number of hydrogen-bond donors (Lipinski definition) is 1. The maximum atomic E-state index is 12.1. The van der Waals surface area contributed by atoms with Crippen molar-refractivity contribution in [2.24, 2.45) is 7.05 Å². The van der Waals surface area contributed by atoms with Crippen LogP contribution in [0.5, 0.6) is 0 Å². The first-order valence-corrected chi connectivity index (χ1v) is 7.06. The Kier molecular flexibility index (Phi) is 3.09. The van der Waals surface area contributed by atoms with Crippen LogP contribution in [0.15, 0.2) is 17.5 Å². The summed E-state index contributed by atoms with van der Waals surface area (Å²) >= 11 is 1.66. The molecule has 0 radical (unpaired) electrons. The van der Waals surface area contributed by atoms with Crippen LogP contribution in [0.3, 0.4) is 0 Å². The third-order valence-electron chi connectivity index (χ3n) is 3.41. The lowest BCUT2D eigenvalue weighted by Gasteiger charge is -2.11. The molecule has 0 aliphatic carbocycles. The van der Waals surface area contributed by atoms with Gasteiger partial charge in [0.1, 0.15) is 5.69 Å². The van der Waals surface area contributed by atoms with Gasteiger partial charge in [0.25, 0.3) is 5.91 Å². The number of carbonyl (C=O) groups is 1. The molecule has 3 rings (SSSR count). The highest BCUT2D eigenvalue weighted by molar-refractivity contribution is 7.17.